The molecule has 1 aliphatic heterocycles. The van der Waals surface area contributed by atoms with Crippen LogP contribution in [0.2, 0.25) is 0 Å². The standard InChI is InChI=1S/C26H37NO3/c1-17-7-5-11-26(2)15-24-20(14-22(17)26)21(25(28)30-24)16-27-23-10-4-3-8-18(23)13-19-9-6-12-29-19/h6,9,12,14,17-18,20-21,23-24,27H,3-5,7-8,10-11,13,15-16H2,1-2H3/t17-,18+,20+,21+,23+,24+,26+/m0/s1. The molecular formula is C26H37NO3. The van der Waals surface area contributed by atoms with E-state index in [9.17, 15) is 4.79 Å². The summed E-state index contributed by atoms with van der Waals surface area (Å²) in [5, 5.41) is 3.81. The van der Waals surface area contributed by atoms with E-state index in [2.05, 4.69) is 31.3 Å². The number of carbonyl (C=O) groups is 1. The number of furan rings is 1. The topological polar surface area (TPSA) is 51.5 Å². The van der Waals surface area contributed by atoms with Crippen LogP contribution < -0.4 is 5.32 Å². The monoisotopic (exact) mass is 411 g/mol. The molecule has 30 heavy (non-hydrogen) atoms. The van der Waals surface area contributed by atoms with Gasteiger partial charge in [0.2, 0.25) is 0 Å². The highest BCUT2D eigenvalue weighted by atomic mass is 16.6. The zero-order valence-corrected chi connectivity index (χ0v) is 18.6. The van der Waals surface area contributed by atoms with Crippen LogP contribution in [0.5, 0.6) is 0 Å². The minimum atomic E-state index is -0.0348. The van der Waals surface area contributed by atoms with Crippen LogP contribution in [0.1, 0.15) is 71.0 Å². The van der Waals surface area contributed by atoms with Crippen molar-refractivity contribution in [2.75, 3.05) is 6.54 Å². The molecule has 2 saturated carbocycles. The van der Waals surface area contributed by atoms with Crippen LogP contribution in [0.3, 0.4) is 0 Å². The first-order valence-corrected chi connectivity index (χ1v) is 12.2. The van der Waals surface area contributed by atoms with Gasteiger partial charge in [-0.25, -0.2) is 0 Å². The summed E-state index contributed by atoms with van der Waals surface area (Å²) in [4.78, 5) is 12.8. The summed E-state index contributed by atoms with van der Waals surface area (Å²) < 4.78 is 11.6. The molecule has 2 heterocycles. The number of carbonyl (C=O) groups excluding carboxylic acids is 1. The van der Waals surface area contributed by atoms with Gasteiger partial charge in [0.25, 0.3) is 0 Å². The number of nitrogens with one attached hydrogen (secondary N) is 1. The number of hydrogen-bond acceptors (Lipinski definition) is 4. The minimum Gasteiger partial charge on any atom is -0.469 e. The van der Waals surface area contributed by atoms with Gasteiger partial charge in [0, 0.05) is 24.9 Å². The van der Waals surface area contributed by atoms with Gasteiger partial charge < -0.3 is 14.5 Å². The summed E-state index contributed by atoms with van der Waals surface area (Å²) in [5.74, 6) is 2.54. The Bertz CT molecular complexity index is 784. The number of allylic oxidation sites excluding steroid dienone is 1. The number of fused-ring (bicyclic) bond motifs is 2. The van der Waals surface area contributed by atoms with Crippen molar-refractivity contribution in [2.24, 2.45) is 29.1 Å². The molecule has 4 heteroatoms. The van der Waals surface area contributed by atoms with Gasteiger partial charge in [-0.1, -0.05) is 44.8 Å². The fourth-order valence-corrected chi connectivity index (χ4v) is 6.97. The van der Waals surface area contributed by atoms with E-state index in [0.717, 1.165) is 25.1 Å². The lowest BCUT2D eigenvalue weighted by molar-refractivity contribution is -0.145. The SMILES string of the molecule is C[C@H]1CCC[C@]2(C)C[C@H]3OC(=O)[C@H](CN[C@@H]4CCCC[C@@H]4Cc4ccco4)[C@H]3C=C12. The van der Waals surface area contributed by atoms with E-state index in [1.807, 2.05) is 6.07 Å². The molecule has 0 aromatic carbocycles. The molecule has 0 bridgehead atoms. The highest BCUT2D eigenvalue weighted by Gasteiger charge is 2.51. The Hall–Kier alpha value is -1.55. The van der Waals surface area contributed by atoms with E-state index in [-0.39, 0.29) is 29.3 Å². The summed E-state index contributed by atoms with van der Waals surface area (Å²) in [6.07, 6.45) is 15.1. The van der Waals surface area contributed by atoms with Crippen LogP contribution in [-0.4, -0.2) is 24.7 Å². The first kappa shape index (κ1) is 20.4. The molecule has 3 aliphatic carbocycles. The first-order valence-electron chi connectivity index (χ1n) is 12.2. The van der Waals surface area contributed by atoms with E-state index in [1.165, 1.54) is 44.9 Å². The predicted molar refractivity (Wildman–Crippen MR) is 117 cm³/mol. The fourth-order valence-electron chi connectivity index (χ4n) is 6.97. The molecule has 1 aromatic rings. The van der Waals surface area contributed by atoms with Crippen LogP contribution in [-0.2, 0) is 16.0 Å². The second-order valence-electron chi connectivity index (χ2n) is 10.7. The highest BCUT2D eigenvalue weighted by Crippen LogP contribution is 2.53. The maximum absolute atomic E-state index is 12.8. The fraction of sp³-hybridized carbons (Fsp3) is 0.731. The van der Waals surface area contributed by atoms with Crippen molar-refractivity contribution in [3.63, 3.8) is 0 Å². The number of ether oxygens (including phenoxy) is 1. The van der Waals surface area contributed by atoms with Crippen LogP contribution in [0.15, 0.2) is 34.5 Å². The van der Waals surface area contributed by atoms with E-state index in [4.69, 9.17) is 9.15 Å². The third kappa shape index (κ3) is 3.77. The van der Waals surface area contributed by atoms with Gasteiger partial charge in [0.15, 0.2) is 0 Å². The molecule has 164 valence electrons. The van der Waals surface area contributed by atoms with Gasteiger partial charge in [0.05, 0.1) is 12.2 Å². The maximum Gasteiger partial charge on any atom is 0.311 e. The zero-order valence-electron chi connectivity index (χ0n) is 18.6. The molecule has 4 nitrogen and oxygen atoms in total. The lowest BCUT2D eigenvalue weighted by Crippen LogP contribution is -2.44. The quantitative estimate of drug-likeness (QED) is 0.529. The van der Waals surface area contributed by atoms with Gasteiger partial charge in [-0.2, -0.15) is 0 Å². The van der Waals surface area contributed by atoms with E-state index in [1.54, 1.807) is 11.8 Å². The minimum absolute atomic E-state index is 0.0163. The number of hydrogen-bond donors (Lipinski definition) is 1. The number of esters is 1. The van der Waals surface area contributed by atoms with Crippen LogP contribution in [0.25, 0.3) is 0 Å². The molecule has 7 atom stereocenters. The Morgan fingerprint density at radius 1 is 1.20 bits per heavy atom. The van der Waals surface area contributed by atoms with Gasteiger partial charge >= 0.3 is 5.97 Å². The van der Waals surface area contributed by atoms with Crippen molar-refractivity contribution in [1.82, 2.24) is 5.32 Å². The van der Waals surface area contributed by atoms with Crippen LogP contribution >= 0.6 is 0 Å². The molecule has 3 fully saturated rings. The molecule has 4 aliphatic rings. The third-order valence-electron chi connectivity index (χ3n) is 8.63. The number of rotatable bonds is 5. The normalized spacial score (nSPS) is 41.0. The molecule has 5 rings (SSSR count). The zero-order chi connectivity index (χ0) is 20.7. The largest absolute Gasteiger partial charge is 0.469 e. The molecule has 1 N–H and O–H groups in total. The van der Waals surface area contributed by atoms with Crippen molar-refractivity contribution < 1.29 is 13.9 Å². The van der Waals surface area contributed by atoms with Crippen LogP contribution in [0.4, 0.5) is 0 Å². The molecule has 1 aromatic heterocycles. The van der Waals surface area contributed by atoms with E-state index < -0.39 is 0 Å². The first-order chi connectivity index (χ1) is 14.5. The molecule has 0 radical (unpaired) electrons. The second kappa shape index (κ2) is 8.18. The highest BCUT2D eigenvalue weighted by molar-refractivity contribution is 5.76. The third-order valence-corrected chi connectivity index (χ3v) is 8.63. The molecule has 1 saturated heterocycles. The summed E-state index contributed by atoms with van der Waals surface area (Å²) in [7, 11) is 0. The van der Waals surface area contributed by atoms with Crippen molar-refractivity contribution in [2.45, 2.75) is 83.8 Å². The average molecular weight is 412 g/mol. The van der Waals surface area contributed by atoms with Gasteiger partial charge in [-0.05, 0) is 61.5 Å². The molecular weight excluding hydrogens is 374 g/mol. The van der Waals surface area contributed by atoms with Crippen LogP contribution in [0, 0.1) is 29.1 Å². The lowest BCUT2D eigenvalue weighted by Gasteiger charge is -2.46. The summed E-state index contributed by atoms with van der Waals surface area (Å²) >= 11 is 0. The maximum atomic E-state index is 12.8. The Balaban J connectivity index is 1.28. The second-order valence-corrected chi connectivity index (χ2v) is 10.7. The molecule has 0 spiro atoms. The van der Waals surface area contributed by atoms with Crippen molar-refractivity contribution in [1.29, 1.82) is 0 Å². The smallest absolute Gasteiger partial charge is 0.311 e. The molecule has 0 amide bonds. The Morgan fingerprint density at radius 3 is 2.90 bits per heavy atom. The predicted octanol–water partition coefficient (Wildman–Crippen LogP) is 5.28. The lowest BCUT2D eigenvalue weighted by atomic mass is 9.59. The van der Waals surface area contributed by atoms with Crippen molar-refractivity contribution in [3.05, 3.63) is 35.8 Å². The Kier molecular flexibility index (Phi) is 5.55. The summed E-state index contributed by atoms with van der Waals surface area (Å²) in [6, 6.07) is 4.53. The summed E-state index contributed by atoms with van der Waals surface area (Å²) in [6.45, 7) is 5.51. The average Bonchev–Trinajstić information content (AvgIpc) is 3.33. The van der Waals surface area contributed by atoms with Gasteiger partial charge in [0.1, 0.15) is 11.9 Å². The Morgan fingerprint density at radius 2 is 2.07 bits per heavy atom. The van der Waals surface area contributed by atoms with Crippen molar-refractivity contribution >= 4 is 5.97 Å². The van der Waals surface area contributed by atoms with Crippen molar-refractivity contribution in [3.8, 4) is 0 Å². The van der Waals surface area contributed by atoms with Gasteiger partial charge in [-0.15, -0.1) is 0 Å². The Labute approximate surface area is 180 Å². The summed E-state index contributed by atoms with van der Waals surface area (Å²) in [5.41, 5.74) is 1.84. The van der Waals surface area contributed by atoms with E-state index in [0.29, 0.717) is 17.9 Å². The van der Waals surface area contributed by atoms with Gasteiger partial charge in [-0.3, -0.25) is 4.79 Å². The molecule has 0 unspecified atom stereocenters. The van der Waals surface area contributed by atoms with E-state index >= 15 is 0 Å².